The van der Waals surface area contributed by atoms with Crippen molar-refractivity contribution in [3.63, 3.8) is 0 Å². The zero-order valence-corrected chi connectivity index (χ0v) is 15.9. The van der Waals surface area contributed by atoms with Gasteiger partial charge in [0.15, 0.2) is 0 Å². The lowest BCUT2D eigenvalue weighted by Gasteiger charge is -2.69. The van der Waals surface area contributed by atoms with Crippen molar-refractivity contribution in [1.82, 2.24) is 4.90 Å². The highest BCUT2D eigenvalue weighted by Crippen LogP contribution is 2.76. The van der Waals surface area contributed by atoms with Crippen molar-refractivity contribution in [1.29, 1.82) is 0 Å². The Bertz CT molecular complexity index is 683. The first-order chi connectivity index (χ1) is 12.4. The van der Waals surface area contributed by atoms with E-state index in [0.29, 0.717) is 12.3 Å². The summed E-state index contributed by atoms with van der Waals surface area (Å²) in [5.74, 6) is -0.0338. The highest BCUT2D eigenvalue weighted by Gasteiger charge is 2.81. The number of esters is 1. The minimum absolute atomic E-state index is 0.0670. The number of carbonyl (C=O) groups excluding carboxylic acids is 1. The van der Waals surface area contributed by atoms with Crippen molar-refractivity contribution >= 4 is 5.97 Å². The first-order valence-electron chi connectivity index (χ1n) is 10.7. The third kappa shape index (κ3) is 1.49. The second kappa shape index (κ2) is 4.66. The van der Waals surface area contributed by atoms with Crippen LogP contribution in [-0.4, -0.2) is 58.0 Å². The summed E-state index contributed by atoms with van der Waals surface area (Å²) in [7, 11) is 0. The molecule has 7 aliphatic rings. The molecule has 1 spiro atoms. The van der Waals surface area contributed by atoms with Gasteiger partial charge in [-0.2, -0.15) is 0 Å². The number of fused-ring (bicyclic) bond motifs is 2. The van der Waals surface area contributed by atoms with E-state index in [1.54, 1.807) is 0 Å². The molecule has 0 unspecified atom stereocenters. The van der Waals surface area contributed by atoms with Gasteiger partial charge < -0.3 is 14.9 Å². The Labute approximate surface area is 155 Å². The van der Waals surface area contributed by atoms with Crippen molar-refractivity contribution in [2.75, 3.05) is 13.1 Å². The summed E-state index contributed by atoms with van der Waals surface area (Å²) in [4.78, 5) is 15.5. The molecule has 5 nitrogen and oxygen atoms in total. The van der Waals surface area contributed by atoms with E-state index in [2.05, 4.69) is 18.7 Å². The van der Waals surface area contributed by atoms with Gasteiger partial charge in [-0.1, -0.05) is 13.8 Å². The molecule has 3 aliphatic heterocycles. The first kappa shape index (κ1) is 16.3. The maximum atomic E-state index is 13.0. The van der Waals surface area contributed by atoms with Crippen LogP contribution in [0.25, 0.3) is 0 Å². The number of aliphatic hydroxyl groups is 2. The zero-order chi connectivity index (χ0) is 18.1. The first-order valence-corrected chi connectivity index (χ1v) is 10.7. The molecule has 0 amide bonds. The molecule has 10 atom stereocenters. The second-order valence-corrected chi connectivity index (χ2v) is 10.5. The number of ether oxygens (including phenoxy) is 1. The monoisotopic (exact) mass is 361 g/mol. The molecule has 0 aromatic carbocycles. The van der Waals surface area contributed by atoms with E-state index in [1.807, 2.05) is 0 Å². The number of rotatable bonds is 1. The Morgan fingerprint density at radius 1 is 1.23 bits per heavy atom. The Balaban J connectivity index is 1.63. The molecule has 144 valence electrons. The molecule has 3 saturated heterocycles. The van der Waals surface area contributed by atoms with Gasteiger partial charge in [-0.3, -0.25) is 9.69 Å². The van der Waals surface area contributed by atoms with Crippen molar-refractivity contribution in [2.45, 2.75) is 76.2 Å². The Morgan fingerprint density at radius 2 is 2.04 bits per heavy atom. The molecule has 7 rings (SSSR count). The van der Waals surface area contributed by atoms with E-state index in [1.165, 1.54) is 0 Å². The van der Waals surface area contributed by atoms with Crippen molar-refractivity contribution in [3.05, 3.63) is 0 Å². The van der Waals surface area contributed by atoms with Gasteiger partial charge in [0.1, 0.15) is 6.10 Å². The molecule has 26 heavy (non-hydrogen) atoms. The second-order valence-electron chi connectivity index (χ2n) is 10.5. The third-order valence-corrected chi connectivity index (χ3v) is 9.90. The molecule has 0 radical (unpaired) electrons. The van der Waals surface area contributed by atoms with Gasteiger partial charge in [0.2, 0.25) is 0 Å². The summed E-state index contributed by atoms with van der Waals surface area (Å²) in [6.45, 7) is 6.65. The van der Waals surface area contributed by atoms with Crippen molar-refractivity contribution in [2.24, 2.45) is 34.5 Å². The SMILES string of the molecule is CCN1C[C@]2(C)CC[C@H](O)[C@@]34[C@@H]5C[C@H]6CC[C@](O)([C@@H](C[C@H]23)[C@@H]14)[C@H]5C(=O)O6. The number of carbonyl (C=O) groups is 1. The predicted molar refractivity (Wildman–Crippen MR) is 94.1 cm³/mol. The van der Waals surface area contributed by atoms with E-state index in [0.717, 1.165) is 45.2 Å². The highest BCUT2D eigenvalue weighted by atomic mass is 16.5. The van der Waals surface area contributed by atoms with E-state index in [-0.39, 0.29) is 46.9 Å². The molecule has 0 aromatic rings. The lowest BCUT2D eigenvalue weighted by Crippen LogP contribution is -2.76. The molecular weight excluding hydrogens is 330 g/mol. The fourth-order valence-electron chi connectivity index (χ4n) is 9.24. The highest BCUT2D eigenvalue weighted by molar-refractivity contribution is 5.77. The summed E-state index contributed by atoms with van der Waals surface area (Å²) in [6.07, 6.45) is 4.74. The number of hydrogen-bond acceptors (Lipinski definition) is 5. The van der Waals surface area contributed by atoms with E-state index in [4.69, 9.17) is 4.74 Å². The largest absolute Gasteiger partial charge is 0.462 e. The van der Waals surface area contributed by atoms with Crippen LogP contribution in [-0.2, 0) is 9.53 Å². The fraction of sp³-hybridized carbons (Fsp3) is 0.952. The van der Waals surface area contributed by atoms with Crippen LogP contribution in [0.4, 0.5) is 0 Å². The maximum Gasteiger partial charge on any atom is 0.312 e. The summed E-state index contributed by atoms with van der Waals surface area (Å²) >= 11 is 0. The molecule has 5 heteroatoms. The smallest absolute Gasteiger partial charge is 0.312 e. The van der Waals surface area contributed by atoms with E-state index >= 15 is 0 Å². The van der Waals surface area contributed by atoms with Gasteiger partial charge in [0, 0.05) is 23.9 Å². The van der Waals surface area contributed by atoms with E-state index in [9.17, 15) is 15.0 Å². The molecule has 3 heterocycles. The standard InChI is InChI=1S/C21H31NO4/c1-3-22-10-19(2)6-5-15(23)21-12-8-11-4-7-20(25,16(12)18(24)26-11)13(17(21)22)9-14(19)21/h11-17,23,25H,3-10H2,1-2H3/t11-,12-,13+,14-,15+,16-,17-,19+,20+,21-/m1/s1. The van der Waals surface area contributed by atoms with Crippen LogP contribution < -0.4 is 0 Å². The van der Waals surface area contributed by atoms with Crippen molar-refractivity contribution in [3.8, 4) is 0 Å². The minimum Gasteiger partial charge on any atom is -0.462 e. The Kier molecular flexibility index (Phi) is 2.93. The van der Waals surface area contributed by atoms with Crippen LogP contribution in [0.5, 0.6) is 0 Å². The van der Waals surface area contributed by atoms with Gasteiger partial charge in [0.25, 0.3) is 0 Å². The predicted octanol–water partition coefficient (Wildman–Crippen LogP) is 1.56. The normalized spacial score (nSPS) is 62.8. The number of aliphatic hydroxyl groups excluding tert-OH is 1. The summed E-state index contributed by atoms with van der Waals surface area (Å²) in [5, 5.41) is 23.4. The third-order valence-electron chi connectivity index (χ3n) is 9.90. The van der Waals surface area contributed by atoms with Gasteiger partial charge in [-0.05, 0) is 62.3 Å². The lowest BCUT2D eigenvalue weighted by molar-refractivity contribution is -0.264. The van der Waals surface area contributed by atoms with Gasteiger partial charge >= 0.3 is 5.97 Å². The van der Waals surface area contributed by atoms with Crippen molar-refractivity contribution < 1.29 is 19.7 Å². The number of likely N-dealkylation sites (tertiary alicyclic amines) is 1. The number of hydrogen-bond donors (Lipinski definition) is 2. The molecule has 2 N–H and O–H groups in total. The van der Waals surface area contributed by atoms with Crippen LogP contribution in [0.2, 0.25) is 0 Å². The van der Waals surface area contributed by atoms with Crippen LogP contribution in [0.1, 0.15) is 52.4 Å². The molecule has 9 bridgehead atoms. The van der Waals surface area contributed by atoms with Crippen LogP contribution in [0, 0.1) is 34.5 Å². The van der Waals surface area contributed by atoms with Crippen LogP contribution in [0.3, 0.4) is 0 Å². The van der Waals surface area contributed by atoms with Gasteiger partial charge in [-0.25, -0.2) is 0 Å². The van der Waals surface area contributed by atoms with E-state index < -0.39 is 11.5 Å². The minimum atomic E-state index is -0.946. The molecule has 0 aromatic heterocycles. The maximum absolute atomic E-state index is 13.0. The summed E-state index contributed by atoms with van der Waals surface area (Å²) in [6, 6.07) is 0.219. The molecule has 4 saturated carbocycles. The number of nitrogens with zero attached hydrogens (tertiary/aromatic N) is 1. The van der Waals surface area contributed by atoms with Crippen LogP contribution >= 0.6 is 0 Å². The fourth-order valence-corrected chi connectivity index (χ4v) is 9.24. The summed E-state index contributed by atoms with van der Waals surface area (Å²) < 4.78 is 5.71. The molecular formula is C21H31NO4. The summed E-state index contributed by atoms with van der Waals surface area (Å²) in [5.41, 5.74) is -0.990. The number of piperidine rings is 1. The van der Waals surface area contributed by atoms with Gasteiger partial charge in [-0.15, -0.1) is 0 Å². The quantitative estimate of drug-likeness (QED) is 0.694. The Hall–Kier alpha value is -0.650. The zero-order valence-electron chi connectivity index (χ0n) is 15.9. The average molecular weight is 361 g/mol. The van der Waals surface area contributed by atoms with Crippen LogP contribution in [0.15, 0.2) is 0 Å². The molecule has 7 fully saturated rings. The average Bonchev–Trinajstić information content (AvgIpc) is 2.70. The van der Waals surface area contributed by atoms with Gasteiger partial charge in [0.05, 0.1) is 17.6 Å². The topological polar surface area (TPSA) is 70.0 Å². The lowest BCUT2D eigenvalue weighted by atomic mass is 9.43. The molecule has 4 aliphatic carbocycles. The Morgan fingerprint density at radius 3 is 2.81 bits per heavy atom.